The third-order valence-electron chi connectivity index (χ3n) is 3.33. The standard InChI is InChI=1S/C14H17IN2O2S/c1-19-12-7-6-9(8-11(12)15)13(18)17-14(20)16-10-4-2-3-5-10/h6-8,10H,2-5H2,1H3,(H2,16,17,18,20). The maximum atomic E-state index is 12.1. The second-order valence-electron chi connectivity index (χ2n) is 4.76. The molecular formula is C14H17IN2O2S. The molecule has 0 unspecified atom stereocenters. The van der Waals surface area contributed by atoms with Crippen LogP contribution in [0.3, 0.4) is 0 Å². The van der Waals surface area contributed by atoms with E-state index in [2.05, 4.69) is 33.2 Å². The molecule has 0 heterocycles. The molecule has 0 spiro atoms. The van der Waals surface area contributed by atoms with Gasteiger partial charge in [-0.15, -0.1) is 0 Å². The zero-order valence-electron chi connectivity index (χ0n) is 11.2. The van der Waals surface area contributed by atoms with Crippen molar-refractivity contribution in [1.29, 1.82) is 0 Å². The van der Waals surface area contributed by atoms with E-state index >= 15 is 0 Å². The predicted molar refractivity (Wildman–Crippen MR) is 91.2 cm³/mol. The number of rotatable bonds is 3. The first-order chi connectivity index (χ1) is 9.60. The Balaban J connectivity index is 1.93. The Kier molecular flexibility index (Phi) is 5.59. The fraction of sp³-hybridized carbons (Fsp3) is 0.429. The van der Waals surface area contributed by atoms with E-state index in [-0.39, 0.29) is 5.91 Å². The Morgan fingerprint density at radius 2 is 2.10 bits per heavy atom. The van der Waals surface area contributed by atoms with Crippen molar-refractivity contribution in [3.8, 4) is 5.75 Å². The highest BCUT2D eigenvalue weighted by Gasteiger charge is 2.17. The summed E-state index contributed by atoms with van der Waals surface area (Å²) in [4.78, 5) is 12.1. The number of benzene rings is 1. The lowest BCUT2D eigenvalue weighted by Crippen LogP contribution is -2.43. The number of halogens is 1. The highest BCUT2D eigenvalue weighted by atomic mass is 127. The number of carbonyl (C=O) groups is 1. The van der Waals surface area contributed by atoms with Crippen molar-refractivity contribution in [2.24, 2.45) is 0 Å². The molecule has 2 N–H and O–H groups in total. The first-order valence-corrected chi connectivity index (χ1v) is 8.04. The molecule has 6 heteroatoms. The fourth-order valence-corrected chi connectivity index (χ4v) is 3.27. The van der Waals surface area contributed by atoms with Gasteiger partial charge in [0.2, 0.25) is 0 Å². The van der Waals surface area contributed by atoms with Crippen LogP contribution in [-0.4, -0.2) is 24.2 Å². The largest absolute Gasteiger partial charge is 0.496 e. The third-order valence-corrected chi connectivity index (χ3v) is 4.39. The molecule has 1 aromatic rings. The summed E-state index contributed by atoms with van der Waals surface area (Å²) in [6, 6.07) is 5.70. The molecule has 20 heavy (non-hydrogen) atoms. The van der Waals surface area contributed by atoms with E-state index in [4.69, 9.17) is 17.0 Å². The van der Waals surface area contributed by atoms with Crippen LogP contribution < -0.4 is 15.4 Å². The molecule has 0 atom stereocenters. The maximum absolute atomic E-state index is 12.1. The number of thiocarbonyl (C=S) groups is 1. The van der Waals surface area contributed by atoms with Crippen LogP contribution in [0.15, 0.2) is 18.2 Å². The summed E-state index contributed by atoms with van der Waals surface area (Å²) in [5, 5.41) is 6.32. The molecule has 0 radical (unpaired) electrons. The molecule has 0 aromatic heterocycles. The number of carbonyl (C=O) groups excluding carboxylic acids is 1. The summed E-state index contributed by atoms with van der Waals surface area (Å²) >= 11 is 7.32. The van der Waals surface area contributed by atoms with E-state index in [9.17, 15) is 4.79 Å². The summed E-state index contributed by atoms with van der Waals surface area (Å²) in [5.41, 5.74) is 0.575. The normalized spacial score (nSPS) is 14.9. The van der Waals surface area contributed by atoms with Crippen LogP contribution in [0.5, 0.6) is 5.75 Å². The summed E-state index contributed by atoms with van der Waals surface area (Å²) in [5.74, 6) is 0.565. The number of hydrogen-bond acceptors (Lipinski definition) is 3. The van der Waals surface area contributed by atoms with E-state index in [1.54, 1.807) is 25.3 Å². The van der Waals surface area contributed by atoms with E-state index in [0.717, 1.165) is 22.2 Å². The Labute approximate surface area is 137 Å². The van der Waals surface area contributed by atoms with Gasteiger partial charge in [-0.05, 0) is 65.8 Å². The lowest BCUT2D eigenvalue weighted by atomic mass is 10.2. The second kappa shape index (κ2) is 7.21. The lowest BCUT2D eigenvalue weighted by Gasteiger charge is -2.15. The van der Waals surface area contributed by atoms with Gasteiger partial charge in [-0.2, -0.15) is 0 Å². The van der Waals surface area contributed by atoms with Crippen molar-refractivity contribution in [3.05, 3.63) is 27.3 Å². The van der Waals surface area contributed by atoms with Gasteiger partial charge in [0, 0.05) is 11.6 Å². The van der Waals surface area contributed by atoms with Crippen LogP contribution in [-0.2, 0) is 0 Å². The van der Waals surface area contributed by atoms with Crippen molar-refractivity contribution in [2.75, 3.05) is 7.11 Å². The lowest BCUT2D eigenvalue weighted by molar-refractivity contribution is 0.0976. The van der Waals surface area contributed by atoms with Crippen LogP contribution in [0.4, 0.5) is 0 Å². The third kappa shape index (κ3) is 4.05. The van der Waals surface area contributed by atoms with Crippen molar-refractivity contribution >= 4 is 45.8 Å². The van der Waals surface area contributed by atoms with E-state index in [1.807, 2.05) is 0 Å². The number of methoxy groups -OCH3 is 1. The average molecular weight is 404 g/mol. The highest BCUT2D eigenvalue weighted by molar-refractivity contribution is 14.1. The minimum atomic E-state index is -0.193. The second-order valence-corrected chi connectivity index (χ2v) is 6.33. The number of nitrogens with one attached hydrogen (secondary N) is 2. The highest BCUT2D eigenvalue weighted by Crippen LogP contribution is 2.21. The molecule has 1 amide bonds. The van der Waals surface area contributed by atoms with E-state index < -0.39 is 0 Å². The summed E-state index contributed by atoms with van der Waals surface area (Å²) in [7, 11) is 1.61. The topological polar surface area (TPSA) is 50.4 Å². The number of amides is 1. The molecule has 0 aliphatic heterocycles. The van der Waals surface area contributed by atoms with E-state index in [0.29, 0.717) is 16.7 Å². The van der Waals surface area contributed by atoms with Gasteiger partial charge in [-0.3, -0.25) is 10.1 Å². The van der Waals surface area contributed by atoms with Crippen LogP contribution in [0.2, 0.25) is 0 Å². The van der Waals surface area contributed by atoms with Crippen LogP contribution in [0.1, 0.15) is 36.0 Å². The van der Waals surface area contributed by atoms with E-state index in [1.165, 1.54) is 12.8 Å². The molecule has 0 bridgehead atoms. The quantitative estimate of drug-likeness (QED) is 0.601. The maximum Gasteiger partial charge on any atom is 0.257 e. The zero-order valence-corrected chi connectivity index (χ0v) is 14.2. The van der Waals surface area contributed by atoms with Crippen molar-refractivity contribution in [2.45, 2.75) is 31.7 Å². The Morgan fingerprint density at radius 1 is 1.40 bits per heavy atom. The Hall–Kier alpha value is -0.890. The first-order valence-electron chi connectivity index (χ1n) is 6.55. The molecule has 108 valence electrons. The average Bonchev–Trinajstić information content (AvgIpc) is 2.91. The summed E-state index contributed by atoms with van der Waals surface area (Å²) in [6.07, 6.45) is 4.70. The monoisotopic (exact) mass is 404 g/mol. The van der Waals surface area contributed by atoms with Gasteiger partial charge in [0.05, 0.1) is 10.7 Å². The molecule has 1 aliphatic carbocycles. The Bertz CT molecular complexity index is 516. The molecule has 1 aromatic carbocycles. The molecule has 1 aliphatic rings. The van der Waals surface area contributed by atoms with Gasteiger partial charge >= 0.3 is 0 Å². The van der Waals surface area contributed by atoms with Crippen LogP contribution >= 0.6 is 34.8 Å². The fourth-order valence-electron chi connectivity index (χ4n) is 2.27. The molecule has 2 rings (SSSR count). The summed E-state index contributed by atoms with van der Waals surface area (Å²) in [6.45, 7) is 0. The van der Waals surface area contributed by atoms with Crippen LogP contribution in [0, 0.1) is 3.57 Å². The molecule has 4 nitrogen and oxygen atoms in total. The van der Waals surface area contributed by atoms with Crippen molar-refractivity contribution in [3.63, 3.8) is 0 Å². The van der Waals surface area contributed by atoms with Gasteiger partial charge in [0.15, 0.2) is 5.11 Å². The van der Waals surface area contributed by atoms with Crippen molar-refractivity contribution in [1.82, 2.24) is 10.6 Å². The van der Waals surface area contributed by atoms with Gasteiger partial charge in [-0.25, -0.2) is 0 Å². The summed E-state index contributed by atoms with van der Waals surface area (Å²) < 4.78 is 6.07. The predicted octanol–water partition coefficient (Wildman–Crippen LogP) is 2.85. The van der Waals surface area contributed by atoms with Gasteiger partial charge < -0.3 is 10.1 Å². The minimum absolute atomic E-state index is 0.193. The SMILES string of the molecule is COc1ccc(C(=O)NC(=S)NC2CCCC2)cc1I. The molecular weight excluding hydrogens is 387 g/mol. The smallest absolute Gasteiger partial charge is 0.257 e. The number of ether oxygens (including phenoxy) is 1. The molecule has 0 saturated heterocycles. The Morgan fingerprint density at radius 3 is 2.70 bits per heavy atom. The molecule has 1 saturated carbocycles. The zero-order chi connectivity index (χ0) is 14.5. The van der Waals surface area contributed by atoms with Gasteiger partial charge in [0.25, 0.3) is 5.91 Å². The van der Waals surface area contributed by atoms with Gasteiger partial charge in [-0.1, -0.05) is 12.8 Å². The van der Waals surface area contributed by atoms with Crippen molar-refractivity contribution < 1.29 is 9.53 Å². The molecule has 1 fully saturated rings. The number of hydrogen-bond donors (Lipinski definition) is 2. The van der Waals surface area contributed by atoms with Gasteiger partial charge in [0.1, 0.15) is 5.75 Å². The van der Waals surface area contributed by atoms with Crippen LogP contribution in [0.25, 0.3) is 0 Å². The first kappa shape index (κ1) is 15.5. The minimum Gasteiger partial charge on any atom is -0.496 e.